The molecule has 0 saturated heterocycles. The van der Waals surface area contributed by atoms with Crippen LogP contribution in [0.3, 0.4) is 0 Å². The number of aryl methyl sites for hydroxylation is 1. The van der Waals surface area contributed by atoms with Gasteiger partial charge in [-0.2, -0.15) is 0 Å². The third kappa shape index (κ3) is 4.44. The number of hydrogen-bond donors (Lipinski definition) is 1. The fraction of sp³-hybridized carbons (Fsp3) is 0.727. The first-order chi connectivity index (χ1) is 7.38. The number of nitrogens with one attached hydrogen (secondary N) is 1. The minimum absolute atomic E-state index is 0.806. The van der Waals surface area contributed by atoms with E-state index >= 15 is 0 Å². The Balaban J connectivity index is 2.09. The molecule has 0 bridgehead atoms. The molecule has 0 aliphatic rings. The molecule has 0 unspecified atom stereocenters. The second-order valence-corrected chi connectivity index (χ2v) is 3.36. The molecule has 0 amide bonds. The van der Waals surface area contributed by atoms with E-state index in [1.54, 1.807) is 0 Å². The van der Waals surface area contributed by atoms with Crippen molar-refractivity contribution in [2.24, 2.45) is 0 Å². The fourth-order valence-electron chi connectivity index (χ4n) is 1.44. The molecule has 4 heteroatoms. The van der Waals surface area contributed by atoms with Gasteiger partial charge in [0.25, 0.3) is 0 Å². The smallest absolute Gasteiger partial charge is 0.122 e. The molecule has 1 aromatic rings. The zero-order valence-corrected chi connectivity index (χ0v) is 9.70. The summed E-state index contributed by atoms with van der Waals surface area (Å²) in [6.45, 7) is 8.59. The van der Waals surface area contributed by atoms with Crippen LogP contribution in [0.2, 0.25) is 0 Å². The highest BCUT2D eigenvalue weighted by atomic mass is 16.5. The molecule has 0 fully saturated rings. The lowest BCUT2D eigenvalue weighted by Gasteiger charge is -2.06. The second-order valence-electron chi connectivity index (χ2n) is 3.36. The summed E-state index contributed by atoms with van der Waals surface area (Å²) in [6.07, 6.45) is 4.92. The molecule has 15 heavy (non-hydrogen) atoms. The maximum Gasteiger partial charge on any atom is 0.122 e. The maximum atomic E-state index is 5.25. The van der Waals surface area contributed by atoms with Gasteiger partial charge in [0.1, 0.15) is 5.82 Å². The molecule has 0 aliphatic carbocycles. The molecule has 4 nitrogen and oxygen atoms in total. The van der Waals surface area contributed by atoms with Gasteiger partial charge in [-0.25, -0.2) is 4.98 Å². The number of rotatable bonds is 8. The highest BCUT2D eigenvalue weighted by molar-refractivity contribution is 4.91. The summed E-state index contributed by atoms with van der Waals surface area (Å²) < 4.78 is 7.40. The summed E-state index contributed by atoms with van der Waals surface area (Å²) in [7, 11) is 0. The fourth-order valence-corrected chi connectivity index (χ4v) is 1.44. The number of imidazole rings is 1. The van der Waals surface area contributed by atoms with Gasteiger partial charge in [-0.05, 0) is 26.8 Å². The minimum atomic E-state index is 0.806. The van der Waals surface area contributed by atoms with Gasteiger partial charge in [-0.3, -0.25) is 0 Å². The van der Waals surface area contributed by atoms with Crippen molar-refractivity contribution in [1.29, 1.82) is 0 Å². The standard InChI is InChI=1S/C11H21N3O/c1-3-14-8-7-13-11(14)10-12-6-5-9-15-4-2/h7-8,12H,3-6,9-10H2,1-2H3. The second kappa shape index (κ2) is 7.43. The Labute approximate surface area is 91.7 Å². The molecular formula is C11H21N3O. The molecule has 0 aliphatic heterocycles. The van der Waals surface area contributed by atoms with E-state index in [1.165, 1.54) is 0 Å². The van der Waals surface area contributed by atoms with E-state index in [4.69, 9.17) is 4.74 Å². The zero-order chi connectivity index (χ0) is 10.9. The molecule has 86 valence electrons. The van der Waals surface area contributed by atoms with E-state index in [0.717, 1.165) is 45.1 Å². The molecule has 0 atom stereocenters. The van der Waals surface area contributed by atoms with E-state index in [2.05, 4.69) is 21.8 Å². The average Bonchev–Trinajstić information content (AvgIpc) is 2.70. The quantitative estimate of drug-likeness (QED) is 0.661. The lowest BCUT2D eigenvalue weighted by Crippen LogP contribution is -2.19. The van der Waals surface area contributed by atoms with Crippen LogP contribution in [0.5, 0.6) is 0 Å². The first-order valence-corrected chi connectivity index (χ1v) is 5.67. The van der Waals surface area contributed by atoms with Crippen LogP contribution in [0, 0.1) is 0 Å². The van der Waals surface area contributed by atoms with E-state index in [0.29, 0.717) is 0 Å². The Morgan fingerprint density at radius 1 is 1.47 bits per heavy atom. The molecule has 1 heterocycles. The summed E-state index contributed by atoms with van der Waals surface area (Å²) in [4.78, 5) is 4.29. The zero-order valence-electron chi connectivity index (χ0n) is 9.70. The van der Waals surface area contributed by atoms with Gasteiger partial charge in [0.15, 0.2) is 0 Å². The van der Waals surface area contributed by atoms with Crippen molar-refractivity contribution in [3.63, 3.8) is 0 Å². The van der Waals surface area contributed by atoms with Gasteiger partial charge in [-0.1, -0.05) is 0 Å². The first kappa shape index (κ1) is 12.2. The van der Waals surface area contributed by atoms with E-state index in [1.807, 2.05) is 19.3 Å². The predicted octanol–water partition coefficient (Wildman–Crippen LogP) is 1.42. The van der Waals surface area contributed by atoms with Crippen LogP contribution in [0.4, 0.5) is 0 Å². The van der Waals surface area contributed by atoms with Crippen LogP contribution in [-0.4, -0.2) is 29.3 Å². The van der Waals surface area contributed by atoms with Gasteiger partial charge < -0.3 is 14.6 Å². The number of aromatic nitrogens is 2. The van der Waals surface area contributed by atoms with Crippen molar-refractivity contribution in [2.75, 3.05) is 19.8 Å². The van der Waals surface area contributed by atoms with Crippen molar-refractivity contribution < 1.29 is 4.74 Å². The normalized spacial score (nSPS) is 10.8. The summed E-state index contributed by atoms with van der Waals surface area (Å²) in [5.74, 6) is 1.11. The van der Waals surface area contributed by atoms with Gasteiger partial charge in [0, 0.05) is 32.2 Å². The molecule has 1 N–H and O–H groups in total. The van der Waals surface area contributed by atoms with E-state index in [-0.39, 0.29) is 0 Å². The Hall–Kier alpha value is -0.870. The van der Waals surface area contributed by atoms with Gasteiger partial charge in [0.2, 0.25) is 0 Å². The molecule has 0 saturated carbocycles. The summed E-state index contributed by atoms with van der Waals surface area (Å²) >= 11 is 0. The summed E-state index contributed by atoms with van der Waals surface area (Å²) in [6, 6.07) is 0. The van der Waals surface area contributed by atoms with Crippen molar-refractivity contribution in [3.05, 3.63) is 18.2 Å². The highest BCUT2D eigenvalue weighted by Crippen LogP contribution is 1.96. The van der Waals surface area contributed by atoms with Crippen molar-refractivity contribution in [3.8, 4) is 0 Å². The average molecular weight is 211 g/mol. The minimum Gasteiger partial charge on any atom is -0.382 e. The maximum absolute atomic E-state index is 5.25. The third-order valence-electron chi connectivity index (χ3n) is 2.27. The third-order valence-corrected chi connectivity index (χ3v) is 2.27. The van der Waals surface area contributed by atoms with Gasteiger partial charge in [0.05, 0.1) is 6.54 Å². The summed E-state index contributed by atoms with van der Waals surface area (Å²) in [5, 5.41) is 3.36. The molecule has 1 aromatic heterocycles. The van der Waals surface area contributed by atoms with Crippen LogP contribution >= 0.6 is 0 Å². The molecule has 1 rings (SSSR count). The predicted molar refractivity (Wildman–Crippen MR) is 60.7 cm³/mol. The number of nitrogens with zero attached hydrogens (tertiary/aromatic N) is 2. The highest BCUT2D eigenvalue weighted by Gasteiger charge is 1.99. The van der Waals surface area contributed by atoms with Crippen LogP contribution in [0.15, 0.2) is 12.4 Å². The molecular weight excluding hydrogens is 190 g/mol. The Morgan fingerprint density at radius 3 is 3.07 bits per heavy atom. The van der Waals surface area contributed by atoms with Crippen LogP contribution in [-0.2, 0) is 17.8 Å². The van der Waals surface area contributed by atoms with Crippen molar-refractivity contribution >= 4 is 0 Å². The van der Waals surface area contributed by atoms with E-state index < -0.39 is 0 Å². The number of hydrogen-bond acceptors (Lipinski definition) is 3. The SMILES string of the molecule is CCOCCCNCc1nccn1CC. The monoisotopic (exact) mass is 211 g/mol. The first-order valence-electron chi connectivity index (χ1n) is 5.67. The number of ether oxygens (including phenoxy) is 1. The Kier molecular flexibility index (Phi) is 6.04. The molecule has 0 spiro atoms. The lowest BCUT2D eigenvalue weighted by molar-refractivity contribution is 0.144. The van der Waals surface area contributed by atoms with Crippen LogP contribution in [0.25, 0.3) is 0 Å². The van der Waals surface area contributed by atoms with Crippen LogP contribution < -0.4 is 5.32 Å². The molecule has 0 radical (unpaired) electrons. The largest absolute Gasteiger partial charge is 0.382 e. The lowest BCUT2D eigenvalue weighted by atomic mass is 10.4. The van der Waals surface area contributed by atoms with E-state index in [9.17, 15) is 0 Å². The van der Waals surface area contributed by atoms with Crippen LogP contribution in [0.1, 0.15) is 26.1 Å². The molecule has 0 aromatic carbocycles. The van der Waals surface area contributed by atoms with Gasteiger partial charge >= 0.3 is 0 Å². The Bertz CT molecular complexity index is 260. The topological polar surface area (TPSA) is 39.1 Å². The van der Waals surface area contributed by atoms with Crippen molar-refractivity contribution in [2.45, 2.75) is 33.4 Å². The Morgan fingerprint density at radius 2 is 2.33 bits per heavy atom. The summed E-state index contributed by atoms with van der Waals surface area (Å²) in [5.41, 5.74) is 0. The van der Waals surface area contributed by atoms with Gasteiger partial charge in [-0.15, -0.1) is 0 Å². The van der Waals surface area contributed by atoms with Crippen molar-refractivity contribution in [1.82, 2.24) is 14.9 Å².